The summed E-state index contributed by atoms with van der Waals surface area (Å²) >= 11 is 3.25. The standard InChI is InChI=1S/C14H17BrFNO2/c1-9(18)13-4-2-3-7-17(13)14(19)11-8-10(15)5-6-12(11)16/h5-6,8-9,13,18H,2-4,7H2,1H3. The lowest BCUT2D eigenvalue weighted by Gasteiger charge is -2.37. The monoisotopic (exact) mass is 329 g/mol. The zero-order chi connectivity index (χ0) is 14.0. The predicted octanol–water partition coefficient (Wildman–Crippen LogP) is 2.96. The summed E-state index contributed by atoms with van der Waals surface area (Å²) in [6.45, 7) is 2.24. The number of amides is 1. The van der Waals surface area contributed by atoms with Gasteiger partial charge in [-0.1, -0.05) is 15.9 Å². The lowest BCUT2D eigenvalue weighted by Crippen LogP contribution is -2.49. The molecule has 2 rings (SSSR count). The van der Waals surface area contributed by atoms with E-state index in [1.54, 1.807) is 17.9 Å². The molecule has 1 aliphatic heterocycles. The highest BCUT2D eigenvalue weighted by atomic mass is 79.9. The highest BCUT2D eigenvalue weighted by molar-refractivity contribution is 9.10. The molecule has 19 heavy (non-hydrogen) atoms. The van der Waals surface area contributed by atoms with Crippen LogP contribution in [-0.4, -0.2) is 34.6 Å². The van der Waals surface area contributed by atoms with E-state index in [4.69, 9.17) is 0 Å². The maximum atomic E-state index is 13.8. The molecular formula is C14H17BrFNO2. The molecule has 0 spiro atoms. The van der Waals surface area contributed by atoms with Crippen molar-refractivity contribution in [2.45, 2.75) is 38.3 Å². The summed E-state index contributed by atoms with van der Waals surface area (Å²) in [6.07, 6.45) is 2.05. The van der Waals surface area contributed by atoms with Crippen LogP contribution < -0.4 is 0 Å². The number of aliphatic hydroxyl groups excluding tert-OH is 1. The third-order valence-corrected chi connectivity index (χ3v) is 4.02. The first kappa shape index (κ1) is 14.5. The maximum absolute atomic E-state index is 13.8. The number of carbonyl (C=O) groups is 1. The van der Waals surface area contributed by atoms with E-state index < -0.39 is 11.9 Å². The predicted molar refractivity (Wildman–Crippen MR) is 74.5 cm³/mol. The van der Waals surface area contributed by atoms with Crippen molar-refractivity contribution < 1.29 is 14.3 Å². The molecule has 1 aromatic rings. The molecule has 0 aromatic heterocycles. The first-order valence-electron chi connectivity index (χ1n) is 6.45. The first-order valence-corrected chi connectivity index (χ1v) is 7.24. The van der Waals surface area contributed by atoms with Crippen LogP contribution in [0.2, 0.25) is 0 Å². The first-order chi connectivity index (χ1) is 9.00. The topological polar surface area (TPSA) is 40.5 Å². The fourth-order valence-corrected chi connectivity index (χ4v) is 2.89. The van der Waals surface area contributed by atoms with E-state index in [0.717, 1.165) is 19.3 Å². The normalized spacial score (nSPS) is 21.3. The van der Waals surface area contributed by atoms with Gasteiger partial charge in [0, 0.05) is 11.0 Å². The summed E-state index contributed by atoms with van der Waals surface area (Å²) in [6, 6.07) is 4.11. The Morgan fingerprint density at radius 2 is 2.26 bits per heavy atom. The van der Waals surface area contributed by atoms with E-state index in [-0.39, 0.29) is 17.5 Å². The smallest absolute Gasteiger partial charge is 0.257 e. The minimum atomic E-state index is -0.598. The van der Waals surface area contributed by atoms with Gasteiger partial charge in [-0.2, -0.15) is 0 Å². The van der Waals surface area contributed by atoms with E-state index >= 15 is 0 Å². The summed E-state index contributed by atoms with van der Waals surface area (Å²) < 4.78 is 14.4. The van der Waals surface area contributed by atoms with Crippen molar-refractivity contribution in [2.24, 2.45) is 0 Å². The van der Waals surface area contributed by atoms with Gasteiger partial charge in [0.05, 0.1) is 17.7 Å². The molecule has 0 radical (unpaired) electrons. The fourth-order valence-electron chi connectivity index (χ4n) is 2.53. The van der Waals surface area contributed by atoms with Crippen molar-refractivity contribution in [3.05, 3.63) is 34.1 Å². The molecule has 1 fully saturated rings. The van der Waals surface area contributed by atoms with E-state index in [1.807, 2.05) is 0 Å². The highest BCUT2D eigenvalue weighted by Gasteiger charge is 2.31. The molecule has 104 valence electrons. The van der Waals surface area contributed by atoms with Gasteiger partial charge in [0.2, 0.25) is 0 Å². The molecule has 1 aromatic carbocycles. The highest BCUT2D eigenvalue weighted by Crippen LogP contribution is 2.24. The van der Waals surface area contributed by atoms with Crippen LogP contribution in [0.25, 0.3) is 0 Å². The van der Waals surface area contributed by atoms with Gasteiger partial charge in [-0.25, -0.2) is 4.39 Å². The van der Waals surface area contributed by atoms with Gasteiger partial charge in [-0.05, 0) is 44.4 Å². The van der Waals surface area contributed by atoms with E-state index in [1.165, 1.54) is 12.1 Å². The number of aliphatic hydroxyl groups is 1. The number of nitrogens with zero attached hydrogens (tertiary/aromatic N) is 1. The van der Waals surface area contributed by atoms with Crippen molar-refractivity contribution in [1.82, 2.24) is 4.90 Å². The minimum Gasteiger partial charge on any atom is -0.391 e. The molecule has 0 aliphatic carbocycles. The number of piperidine rings is 1. The summed E-state index contributed by atoms with van der Waals surface area (Å²) in [5.74, 6) is -0.868. The molecule has 1 heterocycles. The molecule has 1 amide bonds. The fraction of sp³-hybridized carbons (Fsp3) is 0.500. The molecule has 0 bridgehead atoms. The second kappa shape index (κ2) is 6.01. The number of carbonyl (C=O) groups excluding carboxylic acids is 1. The Kier molecular flexibility index (Phi) is 4.58. The average Bonchev–Trinajstić information content (AvgIpc) is 2.40. The second-order valence-electron chi connectivity index (χ2n) is 4.93. The summed E-state index contributed by atoms with van der Waals surface area (Å²) in [5.41, 5.74) is 0.0573. The molecule has 5 heteroatoms. The average molecular weight is 330 g/mol. The third kappa shape index (κ3) is 3.15. The lowest BCUT2D eigenvalue weighted by atomic mass is 9.97. The van der Waals surface area contributed by atoms with Gasteiger partial charge in [-0.3, -0.25) is 4.79 Å². The van der Waals surface area contributed by atoms with Crippen LogP contribution in [0.1, 0.15) is 36.5 Å². The zero-order valence-electron chi connectivity index (χ0n) is 10.8. The van der Waals surface area contributed by atoms with Crippen molar-refractivity contribution in [3.63, 3.8) is 0 Å². The minimum absolute atomic E-state index is 0.0573. The Morgan fingerprint density at radius 1 is 1.53 bits per heavy atom. The zero-order valence-corrected chi connectivity index (χ0v) is 12.4. The molecule has 2 atom stereocenters. The van der Waals surface area contributed by atoms with Gasteiger partial charge >= 0.3 is 0 Å². The SMILES string of the molecule is CC(O)C1CCCCN1C(=O)c1cc(Br)ccc1F. The van der Waals surface area contributed by atoms with Gasteiger partial charge in [0.1, 0.15) is 5.82 Å². The summed E-state index contributed by atoms with van der Waals surface area (Å²) in [7, 11) is 0. The summed E-state index contributed by atoms with van der Waals surface area (Å²) in [5, 5.41) is 9.77. The Balaban J connectivity index is 2.28. The van der Waals surface area contributed by atoms with Crippen molar-refractivity contribution >= 4 is 21.8 Å². The van der Waals surface area contributed by atoms with Crippen molar-refractivity contribution in [3.8, 4) is 0 Å². The lowest BCUT2D eigenvalue weighted by molar-refractivity contribution is 0.0277. The molecule has 3 nitrogen and oxygen atoms in total. The molecule has 2 unspecified atom stereocenters. The van der Waals surface area contributed by atoms with Gasteiger partial charge in [0.25, 0.3) is 5.91 Å². The number of rotatable bonds is 2. The number of hydrogen-bond donors (Lipinski definition) is 1. The second-order valence-corrected chi connectivity index (χ2v) is 5.84. The maximum Gasteiger partial charge on any atom is 0.257 e. The molecule has 1 aliphatic rings. The Bertz CT molecular complexity index is 479. The Morgan fingerprint density at radius 3 is 2.95 bits per heavy atom. The number of halogens is 2. The van der Waals surface area contributed by atoms with Crippen molar-refractivity contribution in [2.75, 3.05) is 6.54 Å². The number of benzene rings is 1. The third-order valence-electron chi connectivity index (χ3n) is 3.53. The van der Waals surface area contributed by atoms with Crippen LogP contribution in [0.3, 0.4) is 0 Å². The van der Waals surface area contributed by atoms with E-state index in [0.29, 0.717) is 11.0 Å². The van der Waals surface area contributed by atoms with Gasteiger partial charge < -0.3 is 10.0 Å². The van der Waals surface area contributed by atoms with Crippen LogP contribution >= 0.6 is 15.9 Å². The number of likely N-dealkylation sites (tertiary alicyclic amines) is 1. The van der Waals surface area contributed by atoms with Gasteiger partial charge in [-0.15, -0.1) is 0 Å². The Hall–Kier alpha value is -0.940. The molecule has 0 saturated carbocycles. The molecule has 1 N–H and O–H groups in total. The summed E-state index contributed by atoms with van der Waals surface area (Å²) in [4.78, 5) is 14.0. The van der Waals surface area contributed by atoms with E-state index in [9.17, 15) is 14.3 Å². The number of hydrogen-bond acceptors (Lipinski definition) is 2. The van der Waals surface area contributed by atoms with Crippen LogP contribution in [0, 0.1) is 5.82 Å². The van der Waals surface area contributed by atoms with Crippen LogP contribution in [0.4, 0.5) is 4.39 Å². The molecule has 1 saturated heterocycles. The van der Waals surface area contributed by atoms with Crippen LogP contribution in [-0.2, 0) is 0 Å². The van der Waals surface area contributed by atoms with E-state index in [2.05, 4.69) is 15.9 Å². The van der Waals surface area contributed by atoms with Crippen LogP contribution in [0.5, 0.6) is 0 Å². The van der Waals surface area contributed by atoms with Crippen LogP contribution in [0.15, 0.2) is 22.7 Å². The Labute approximate surface area is 120 Å². The quantitative estimate of drug-likeness (QED) is 0.906. The largest absolute Gasteiger partial charge is 0.391 e. The van der Waals surface area contributed by atoms with Crippen molar-refractivity contribution in [1.29, 1.82) is 0 Å². The van der Waals surface area contributed by atoms with Gasteiger partial charge in [0.15, 0.2) is 0 Å². The molecular weight excluding hydrogens is 313 g/mol.